The molecule has 0 aromatic heterocycles. The summed E-state index contributed by atoms with van der Waals surface area (Å²) in [6.07, 6.45) is 6.92. The van der Waals surface area contributed by atoms with Gasteiger partial charge in [-0.25, -0.2) is 0 Å². The van der Waals surface area contributed by atoms with Gasteiger partial charge in [-0.3, -0.25) is 0 Å². The van der Waals surface area contributed by atoms with Gasteiger partial charge < -0.3 is 0 Å². The summed E-state index contributed by atoms with van der Waals surface area (Å²) >= 11 is 0. The smallest absolute Gasteiger partial charge is 0.0192 e. The Labute approximate surface area is 134 Å². The molecule has 1 aliphatic rings. The summed E-state index contributed by atoms with van der Waals surface area (Å²) in [7, 11) is 0. The lowest BCUT2D eigenvalue weighted by molar-refractivity contribution is 0.917. The fraction of sp³-hybridized carbons (Fsp3) is 0.364. The highest BCUT2D eigenvalue weighted by atomic mass is 14.2. The maximum absolute atomic E-state index is 2.36. The lowest BCUT2D eigenvalue weighted by Crippen LogP contribution is -2.06. The highest BCUT2D eigenvalue weighted by molar-refractivity contribution is 5.76. The van der Waals surface area contributed by atoms with E-state index < -0.39 is 0 Å². The Bertz CT molecular complexity index is 789. The summed E-state index contributed by atoms with van der Waals surface area (Å²) in [6.45, 7) is 13.6. The Morgan fingerprint density at radius 2 is 1.36 bits per heavy atom. The number of rotatable bonds is 0. The van der Waals surface area contributed by atoms with Crippen LogP contribution in [0.15, 0.2) is 12.1 Å². The number of hydrogen-bond acceptors (Lipinski definition) is 0. The summed E-state index contributed by atoms with van der Waals surface area (Å²) in [6, 6.07) is 4.67. The Morgan fingerprint density at radius 3 is 2.09 bits per heavy atom. The minimum Gasteiger partial charge on any atom is -0.0558 e. The first-order valence-electron chi connectivity index (χ1n) is 8.27. The molecule has 0 radical (unpaired) electrons. The molecule has 0 heteroatoms. The monoisotopic (exact) mass is 290 g/mol. The van der Waals surface area contributed by atoms with Crippen LogP contribution in [0.3, 0.4) is 0 Å². The summed E-state index contributed by atoms with van der Waals surface area (Å²) in [4.78, 5) is 0. The lowest BCUT2D eigenvalue weighted by Gasteiger charge is -2.21. The fourth-order valence-corrected chi connectivity index (χ4v) is 3.89. The summed E-state index contributed by atoms with van der Waals surface area (Å²) < 4.78 is 0. The second kappa shape index (κ2) is 5.43. The van der Waals surface area contributed by atoms with E-state index in [0.29, 0.717) is 0 Å². The van der Waals surface area contributed by atoms with E-state index in [-0.39, 0.29) is 0 Å². The van der Waals surface area contributed by atoms with E-state index in [0.717, 1.165) is 12.8 Å². The zero-order valence-electron chi connectivity index (χ0n) is 14.7. The maximum atomic E-state index is 2.36. The second-order valence-electron chi connectivity index (χ2n) is 6.86. The third-order valence-electron chi connectivity index (χ3n) is 5.61. The highest BCUT2D eigenvalue weighted by Crippen LogP contribution is 2.31. The second-order valence-corrected chi connectivity index (χ2v) is 6.86. The molecule has 0 fully saturated rings. The van der Waals surface area contributed by atoms with Crippen LogP contribution in [0.2, 0.25) is 0 Å². The summed E-state index contributed by atoms with van der Waals surface area (Å²) in [5, 5.41) is 0. The van der Waals surface area contributed by atoms with Crippen molar-refractivity contribution in [1.82, 2.24) is 0 Å². The van der Waals surface area contributed by atoms with Gasteiger partial charge in [0.05, 0.1) is 0 Å². The van der Waals surface area contributed by atoms with Crippen LogP contribution in [-0.4, -0.2) is 0 Å². The molecule has 0 saturated heterocycles. The molecule has 4 bridgehead atoms. The molecule has 0 saturated carbocycles. The predicted octanol–water partition coefficient (Wildman–Crippen LogP) is 5.81. The first kappa shape index (κ1) is 15.1. The van der Waals surface area contributed by atoms with Crippen molar-refractivity contribution in [2.24, 2.45) is 0 Å². The normalized spacial score (nSPS) is 14.8. The number of hydrogen-bond donors (Lipinski definition) is 0. The zero-order chi connectivity index (χ0) is 16.0. The van der Waals surface area contributed by atoms with Crippen LogP contribution in [0.4, 0.5) is 0 Å². The van der Waals surface area contributed by atoms with Crippen LogP contribution >= 0.6 is 0 Å². The molecule has 2 aromatic carbocycles. The van der Waals surface area contributed by atoms with E-state index in [4.69, 9.17) is 0 Å². The Morgan fingerprint density at radius 1 is 0.636 bits per heavy atom. The molecule has 1 aliphatic carbocycles. The van der Waals surface area contributed by atoms with Crippen molar-refractivity contribution >= 4 is 12.2 Å². The van der Waals surface area contributed by atoms with Crippen molar-refractivity contribution in [1.29, 1.82) is 0 Å². The average Bonchev–Trinajstić information content (AvgIpc) is 2.48. The fourth-order valence-electron chi connectivity index (χ4n) is 3.89. The third-order valence-corrected chi connectivity index (χ3v) is 5.61. The van der Waals surface area contributed by atoms with E-state index in [2.05, 4.69) is 65.8 Å². The van der Waals surface area contributed by atoms with Crippen molar-refractivity contribution < 1.29 is 0 Å². The van der Waals surface area contributed by atoms with Gasteiger partial charge in [-0.05, 0) is 104 Å². The molecule has 114 valence electrons. The highest BCUT2D eigenvalue weighted by Gasteiger charge is 2.15. The molecular weight excluding hydrogens is 264 g/mol. The largest absolute Gasteiger partial charge is 0.0558 e. The van der Waals surface area contributed by atoms with Gasteiger partial charge in [0.25, 0.3) is 0 Å². The number of aryl methyl sites for hydroxylation is 2. The van der Waals surface area contributed by atoms with E-state index in [1.54, 1.807) is 5.56 Å². The Balaban J connectivity index is 2.31. The van der Waals surface area contributed by atoms with Crippen LogP contribution in [0.25, 0.3) is 12.2 Å². The SMILES string of the molecule is Cc1cc2c(C)c(c1)CCc1c(C)c(C)c(C)c(c1C)/C=C\2. The lowest BCUT2D eigenvalue weighted by atomic mass is 9.84. The summed E-state index contributed by atoms with van der Waals surface area (Å²) in [5.41, 5.74) is 14.5. The van der Waals surface area contributed by atoms with Crippen molar-refractivity contribution in [3.05, 3.63) is 67.8 Å². The van der Waals surface area contributed by atoms with E-state index in [9.17, 15) is 0 Å². The molecular formula is C22H26. The quantitative estimate of drug-likeness (QED) is 0.574. The van der Waals surface area contributed by atoms with Crippen LogP contribution in [0.5, 0.6) is 0 Å². The molecule has 0 unspecified atom stereocenters. The van der Waals surface area contributed by atoms with Crippen LogP contribution in [0.1, 0.15) is 55.6 Å². The van der Waals surface area contributed by atoms with E-state index in [1.165, 1.54) is 50.1 Å². The van der Waals surface area contributed by atoms with Crippen molar-refractivity contribution in [2.75, 3.05) is 0 Å². The number of benzene rings is 2. The van der Waals surface area contributed by atoms with Crippen molar-refractivity contribution in [3.63, 3.8) is 0 Å². The molecule has 0 aliphatic heterocycles. The molecule has 0 amide bonds. The average molecular weight is 290 g/mol. The van der Waals surface area contributed by atoms with Gasteiger partial charge in [-0.15, -0.1) is 0 Å². The van der Waals surface area contributed by atoms with Gasteiger partial charge in [0, 0.05) is 0 Å². The van der Waals surface area contributed by atoms with E-state index >= 15 is 0 Å². The molecule has 0 spiro atoms. The molecule has 0 N–H and O–H groups in total. The Kier molecular flexibility index (Phi) is 3.72. The van der Waals surface area contributed by atoms with Crippen LogP contribution in [0, 0.1) is 41.5 Å². The first-order valence-corrected chi connectivity index (χ1v) is 8.27. The van der Waals surface area contributed by atoms with Gasteiger partial charge in [0.2, 0.25) is 0 Å². The van der Waals surface area contributed by atoms with Crippen molar-refractivity contribution in [2.45, 2.75) is 54.4 Å². The third kappa shape index (κ3) is 2.31. The molecule has 0 atom stereocenters. The standard InChI is InChI=1S/C22H26/c1-13-11-19-7-9-21-15(3)14(2)16(4)22(18(21)6)10-8-20(12-13)17(19)5/h7,9,11-12H,8,10H2,1-6H3/b9-7-. The first-order chi connectivity index (χ1) is 10.4. The van der Waals surface area contributed by atoms with Gasteiger partial charge in [0.15, 0.2) is 0 Å². The molecule has 22 heavy (non-hydrogen) atoms. The maximum Gasteiger partial charge on any atom is -0.0192 e. The molecule has 3 rings (SSSR count). The zero-order valence-corrected chi connectivity index (χ0v) is 14.7. The molecule has 2 aromatic rings. The van der Waals surface area contributed by atoms with E-state index in [1.807, 2.05) is 0 Å². The van der Waals surface area contributed by atoms with Crippen molar-refractivity contribution in [3.8, 4) is 0 Å². The molecule has 0 heterocycles. The van der Waals surface area contributed by atoms with Gasteiger partial charge in [-0.1, -0.05) is 29.8 Å². The van der Waals surface area contributed by atoms with Crippen LogP contribution < -0.4 is 0 Å². The minimum absolute atomic E-state index is 1.14. The predicted molar refractivity (Wildman–Crippen MR) is 97.6 cm³/mol. The molecule has 0 nitrogen and oxygen atoms in total. The van der Waals surface area contributed by atoms with Gasteiger partial charge in [-0.2, -0.15) is 0 Å². The van der Waals surface area contributed by atoms with Crippen LogP contribution in [-0.2, 0) is 12.8 Å². The van der Waals surface area contributed by atoms with Gasteiger partial charge >= 0.3 is 0 Å². The minimum atomic E-state index is 1.14. The number of fused-ring (bicyclic) bond motifs is 4. The Hall–Kier alpha value is -1.82. The topological polar surface area (TPSA) is 0 Å². The van der Waals surface area contributed by atoms with Gasteiger partial charge in [0.1, 0.15) is 0 Å². The summed E-state index contributed by atoms with van der Waals surface area (Å²) in [5.74, 6) is 0.